The van der Waals surface area contributed by atoms with Crippen LogP contribution < -0.4 is 5.73 Å². The zero-order valence-electron chi connectivity index (χ0n) is 10.9. The number of ether oxygens (including phenoxy) is 1. The number of aromatic nitrogens is 1. The van der Waals surface area contributed by atoms with Crippen LogP contribution in [0.1, 0.15) is 31.3 Å². The fourth-order valence-corrected chi connectivity index (χ4v) is 1.52. The van der Waals surface area contributed by atoms with Crippen LogP contribution in [0.15, 0.2) is 12.3 Å². The van der Waals surface area contributed by atoms with Gasteiger partial charge in [0.05, 0.1) is 6.61 Å². The number of carbonyl (C=O) groups excluding carboxylic acids is 2. The lowest BCUT2D eigenvalue weighted by Gasteiger charge is -2.25. The molecule has 6 nitrogen and oxygen atoms in total. The summed E-state index contributed by atoms with van der Waals surface area (Å²) in [6.07, 6.45) is 1.54. The van der Waals surface area contributed by atoms with Crippen LogP contribution in [-0.4, -0.2) is 41.0 Å². The predicted octanol–water partition coefficient (Wildman–Crippen LogP) is 1.01. The lowest BCUT2D eigenvalue weighted by Crippen LogP contribution is -2.41. The maximum Gasteiger partial charge on any atom is 0.325 e. The molecule has 6 heteroatoms. The molecule has 0 atom stereocenters. The van der Waals surface area contributed by atoms with Crippen molar-refractivity contribution in [3.63, 3.8) is 0 Å². The van der Waals surface area contributed by atoms with Crippen LogP contribution in [0.5, 0.6) is 0 Å². The molecule has 1 heterocycles. The van der Waals surface area contributed by atoms with Crippen molar-refractivity contribution in [2.24, 2.45) is 0 Å². The average molecular weight is 253 g/mol. The minimum atomic E-state index is -0.418. The molecule has 1 aromatic heterocycles. The normalized spacial score (nSPS) is 10.4. The largest absolute Gasteiger partial charge is 0.465 e. The van der Waals surface area contributed by atoms with Gasteiger partial charge in [-0.3, -0.25) is 9.59 Å². The van der Waals surface area contributed by atoms with E-state index in [9.17, 15) is 9.59 Å². The number of nitrogens with zero attached hydrogens (tertiary/aromatic N) is 1. The second-order valence-electron chi connectivity index (χ2n) is 4.18. The Labute approximate surface area is 106 Å². The lowest BCUT2D eigenvalue weighted by molar-refractivity contribution is -0.144. The molecule has 0 saturated carbocycles. The fourth-order valence-electron chi connectivity index (χ4n) is 1.52. The predicted molar refractivity (Wildman–Crippen MR) is 68.0 cm³/mol. The number of anilines is 1. The number of nitrogens with two attached hydrogens (primary N) is 1. The maximum atomic E-state index is 12.2. The standard InChI is InChI=1S/C12H19N3O3/c1-4-18-11(16)7-15(8(2)3)12(17)10-5-9(13)6-14-10/h5-6,8,14H,4,7,13H2,1-3H3. The topological polar surface area (TPSA) is 88.4 Å². The first kappa shape index (κ1) is 14.1. The summed E-state index contributed by atoms with van der Waals surface area (Å²) in [5.74, 6) is -0.686. The van der Waals surface area contributed by atoms with Crippen molar-refractivity contribution in [2.75, 3.05) is 18.9 Å². The van der Waals surface area contributed by atoms with Gasteiger partial charge in [-0.05, 0) is 26.8 Å². The molecule has 18 heavy (non-hydrogen) atoms. The van der Waals surface area contributed by atoms with E-state index in [1.165, 1.54) is 11.1 Å². The molecule has 0 unspecified atom stereocenters. The van der Waals surface area contributed by atoms with Gasteiger partial charge in [0.15, 0.2) is 0 Å². The van der Waals surface area contributed by atoms with E-state index in [4.69, 9.17) is 10.5 Å². The minimum absolute atomic E-state index is 0.0662. The summed E-state index contributed by atoms with van der Waals surface area (Å²) in [6.45, 7) is 5.63. The van der Waals surface area contributed by atoms with Crippen molar-refractivity contribution < 1.29 is 14.3 Å². The number of hydrogen-bond donors (Lipinski definition) is 2. The minimum Gasteiger partial charge on any atom is -0.465 e. The summed E-state index contributed by atoms with van der Waals surface area (Å²) in [6, 6.07) is 1.44. The summed E-state index contributed by atoms with van der Waals surface area (Å²) < 4.78 is 4.85. The SMILES string of the molecule is CCOC(=O)CN(C(=O)c1cc(N)c[nH]1)C(C)C. The van der Waals surface area contributed by atoms with Crippen LogP contribution in [0.2, 0.25) is 0 Å². The summed E-state index contributed by atoms with van der Waals surface area (Å²) in [5.41, 5.74) is 6.40. The summed E-state index contributed by atoms with van der Waals surface area (Å²) in [4.78, 5) is 27.8. The van der Waals surface area contributed by atoms with Gasteiger partial charge in [-0.1, -0.05) is 0 Å². The van der Waals surface area contributed by atoms with Gasteiger partial charge in [-0.2, -0.15) is 0 Å². The number of esters is 1. The quantitative estimate of drug-likeness (QED) is 0.766. The van der Waals surface area contributed by atoms with Crippen molar-refractivity contribution in [1.82, 2.24) is 9.88 Å². The molecular weight excluding hydrogens is 234 g/mol. The number of H-pyrrole nitrogens is 1. The van der Waals surface area contributed by atoms with Gasteiger partial charge in [0.25, 0.3) is 5.91 Å². The molecule has 1 rings (SSSR count). The molecule has 0 radical (unpaired) electrons. The monoisotopic (exact) mass is 253 g/mol. The zero-order valence-corrected chi connectivity index (χ0v) is 10.9. The lowest BCUT2D eigenvalue weighted by atomic mass is 10.2. The van der Waals surface area contributed by atoms with Gasteiger partial charge in [0.1, 0.15) is 12.2 Å². The Morgan fingerprint density at radius 2 is 2.17 bits per heavy atom. The summed E-state index contributed by atoms with van der Waals surface area (Å²) in [5, 5.41) is 0. The van der Waals surface area contributed by atoms with Crippen molar-refractivity contribution in [1.29, 1.82) is 0 Å². The number of nitrogens with one attached hydrogen (secondary N) is 1. The van der Waals surface area contributed by atoms with Crippen molar-refractivity contribution in [3.05, 3.63) is 18.0 Å². The molecule has 0 aliphatic rings. The van der Waals surface area contributed by atoms with E-state index in [1.54, 1.807) is 13.0 Å². The molecule has 3 N–H and O–H groups in total. The van der Waals surface area contributed by atoms with Crippen LogP contribution >= 0.6 is 0 Å². The van der Waals surface area contributed by atoms with Crippen LogP contribution in [0.3, 0.4) is 0 Å². The number of carbonyl (C=O) groups is 2. The third-order valence-corrected chi connectivity index (χ3v) is 2.42. The first-order valence-corrected chi connectivity index (χ1v) is 5.86. The second-order valence-corrected chi connectivity index (χ2v) is 4.18. The van der Waals surface area contributed by atoms with Crippen LogP contribution in [0.4, 0.5) is 5.69 Å². The second kappa shape index (κ2) is 6.09. The van der Waals surface area contributed by atoms with Gasteiger partial charge in [0.2, 0.25) is 0 Å². The third-order valence-electron chi connectivity index (χ3n) is 2.42. The summed E-state index contributed by atoms with van der Waals surface area (Å²) in [7, 11) is 0. The molecule has 1 aromatic rings. The number of rotatable bonds is 5. The first-order valence-electron chi connectivity index (χ1n) is 5.86. The number of amides is 1. The Bertz CT molecular complexity index is 426. The molecule has 0 aliphatic heterocycles. The third kappa shape index (κ3) is 3.51. The average Bonchev–Trinajstić information content (AvgIpc) is 2.72. The van der Waals surface area contributed by atoms with E-state index in [0.29, 0.717) is 18.0 Å². The van der Waals surface area contributed by atoms with E-state index in [2.05, 4.69) is 4.98 Å². The van der Waals surface area contributed by atoms with Crippen molar-refractivity contribution >= 4 is 17.6 Å². The molecule has 0 bridgehead atoms. The molecule has 0 aliphatic carbocycles. The van der Waals surface area contributed by atoms with E-state index in [-0.39, 0.29) is 18.5 Å². The van der Waals surface area contributed by atoms with Gasteiger partial charge < -0.3 is 20.4 Å². The molecule has 0 spiro atoms. The maximum absolute atomic E-state index is 12.2. The number of hydrogen-bond acceptors (Lipinski definition) is 4. The number of nitrogen functional groups attached to an aromatic ring is 1. The fraction of sp³-hybridized carbons (Fsp3) is 0.500. The smallest absolute Gasteiger partial charge is 0.325 e. The highest BCUT2D eigenvalue weighted by Crippen LogP contribution is 2.10. The molecule has 0 saturated heterocycles. The van der Waals surface area contributed by atoms with Crippen LogP contribution in [0.25, 0.3) is 0 Å². The van der Waals surface area contributed by atoms with Crippen molar-refractivity contribution in [2.45, 2.75) is 26.8 Å². The van der Waals surface area contributed by atoms with E-state index in [0.717, 1.165) is 0 Å². The van der Waals surface area contributed by atoms with Gasteiger partial charge in [0, 0.05) is 17.9 Å². The Morgan fingerprint density at radius 3 is 2.61 bits per heavy atom. The Kier molecular flexibility index (Phi) is 4.76. The molecular formula is C12H19N3O3. The molecule has 1 amide bonds. The Morgan fingerprint density at radius 1 is 1.50 bits per heavy atom. The van der Waals surface area contributed by atoms with Crippen LogP contribution in [0, 0.1) is 0 Å². The molecule has 100 valence electrons. The van der Waals surface area contributed by atoms with Gasteiger partial charge in [-0.25, -0.2) is 0 Å². The van der Waals surface area contributed by atoms with Gasteiger partial charge in [-0.15, -0.1) is 0 Å². The van der Waals surface area contributed by atoms with E-state index in [1.807, 2.05) is 13.8 Å². The van der Waals surface area contributed by atoms with E-state index >= 15 is 0 Å². The van der Waals surface area contributed by atoms with Gasteiger partial charge >= 0.3 is 5.97 Å². The highest BCUT2D eigenvalue weighted by atomic mass is 16.5. The molecule has 0 fully saturated rings. The highest BCUT2D eigenvalue weighted by Gasteiger charge is 2.23. The first-order chi connectivity index (χ1) is 8.45. The highest BCUT2D eigenvalue weighted by molar-refractivity contribution is 5.95. The van der Waals surface area contributed by atoms with E-state index < -0.39 is 5.97 Å². The van der Waals surface area contributed by atoms with Crippen molar-refractivity contribution in [3.8, 4) is 0 Å². The Hall–Kier alpha value is -1.98. The molecule has 0 aromatic carbocycles. The number of aromatic amines is 1. The zero-order chi connectivity index (χ0) is 13.7. The Balaban J connectivity index is 2.79. The summed E-state index contributed by atoms with van der Waals surface area (Å²) >= 11 is 0. The van der Waals surface area contributed by atoms with Crippen LogP contribution in [-0.2, 0) is 9.53 Å².